The first-order valence-corrected chi connectivity index (χ1v) is 9.42. The first kappa shape index (κ1) is 18.2. The lowest BCUT2D eigenvalue weighted by molar-refractivity contribution is 0.0519. The predicted molar refractivity (Wildman–Crippen MR) is 107 cm³/mol. The Morgan fingerprint density at radius 3 is 2.64 bits per heavy atom. The van der Waals surface area contributed by atoms with Crippen LogP contribution in [0, 0.1) is 0 Å². The average molecular weight is 439 g/mol. The summed E-state index contributed by atoms with van der Waals surface area (Å²) in [4.78, 5) is 25.3. The Balaban J connectivity index is 1.82. The Hall–Kier alpha value is -3.19. The molecule has 0 radical (unpaired) electrons. The van der Waals surface area contributed by atoms with Crippen LogP contribution in [0.15, 0.2) is 69.6 Å². The van der Waals surface area contributed by atoms with Crippen molar-refractivity contribution in [2.75, 3.05) is 6.61 Å². The van der Waals surface area contributed by atoms with Crippen LogP contribution in [0.5, 0.6) is 0 Å². The zero-order valence-electron chi connectivity index (χ0n) is 14.9. The molecule has 0 unspecified atom stereocenters. The van der Waals surface area contributed by atoms with E-state index < -0.39 is 5.97 Å². The fourth-order valence-electron chi connectivity index (χ4n) is 2.87. The minimum atomic E-state index is -0.584. The van der Waals surface area contributed by atoms with Gasteiger partial charge in [-0.1, -0.05) is 34.1 Å². The molecule has 0 aliphatic rings. The smallest absolute Gasteiger partial charge is 0.358 e. The number of aromatic nitrogens is 2. The summed E-state index contributed by atoms with van der Waals surface area (Å²) in [6, 6.07) is 17.7. The van der Waals surface area contributed by atoms with Crippen LogP contribution >= 0.6 is 15.9 Å². The second-order valence-electron chi connectivity index (χ2n) is 6.00. The molecule has 28 heavy (non-hydrogen) atoms. The number of para-hydroxylation sites is 1. The van der Waals surface area contributed by atoms with Crippen molar-refractivity contribution in [3.05, 3.63) is 82.3 Å². The SMILES string of the molecule is CCOC(=O)c1cc(C(=O)c2cc3cc(Br)ccc3o2)n(-c2ccccc2)n1. The normalized spacial score (nSPS) is 10.9. The third kappa shape index (κ3) is 3.36. The molecule has 2 aromatic carbocycles. The molecule has 4 aromatic rings. The molecule has 0 bridgehead atoms. The summed E-state index contributed by atoms with van der Waals surface area (Å²) in [6.45, 7) is 1.93. The molecule has 0 aliphatic heterocycles. The first-order valence-electron chi connectivity index (χ1n) is 8.63. The third-order valence-electron chi connectivity index (χ3n) is 4.13. The van der Waals surface area contributed by atoms with Crippen molar-refractivity contribution in [1.82, 2.24) is 9.78 Å². The first-order chi connectivity index (χ1) is 13.6. The maximum atomic E-state index is 13.2. The quantitative estimate of drug-likeness (QED) is 0.330. The van der Waals surface area contributed by atoms with E-state index in [0.29, 0.717) is 11.3 Å². The second kappa shape index (κ2) is 7.44. The fourth-order valence-corrected chi connectivity index (χ4v) is 3.24. The lowest BCUT2D eigenvalue weighted by Gasteiger charge is -2.05. The van der Waals surface area contributed by atoms with Crippen LogP contribution in [-0.4, -0.2) is 28.1 Å². The maximum absolute atomic E-state index is 13.2. The molecule has 2 aromatic heterocycles. The van der Waals surface area contributed by atoms with Crippen LogP contribution in [0.4, 0.5) is 0 Å². The number of esters is 1. The van der Waals surface area contributed by atoms with Crippen LogP contribution in [-0.2, 0) is 4.74 Å². The van der Waals surface area contributed by atoms with Gasteiger partial charge < -0.3 is 9.15 Å². The molecule has 0 N–H and O–H groups in total. The van der Waals surface area contributed by atoms with E-state index in [1.807, 2.05) is 30.3 Å². The number of carbonyl (C=O) groups is 2. The molecule has 0 fully saturated rings. The average Bonchev–Trinajstić information content (AvgIpc) is 3.32. The summed E-state index contributed by atoms with van der Waals surface area (Å²) in [6.07, 6.45) is 0. The third-order valence-corrected chi connectivity index (χ3v) is 4.62. The standard InChI is InChI=1S/C21H15BrN2O4/c1-2-27-21(26)16-12-17(24(23-16)15-6-4-3-5-7-15)20(25)19-11-13-10-14(22)8-9-18(13)28-19/h3-12H,2H2,1H3. The zero-order valence-corrected chi connectivity index (χ0v) is 16.5. The van der Waals surface area contributed by atoms with E-state index in [1.54, 1.807) is 31.2 Å². The summed E-state index contributed by atoms with van der Waals surface area (Å²) in [5, 5.41) is 5.09. The van der Waals surface area contributed by atoms with Crippen molar-refractivity contribution >= 4 is 38.7 Å². The summed E-state index contributed by atoms with van der Waals surface area (Å²) in [7, 11) is 0. The Kier molecular flexibility index (Phi) is 4.83. The monoisotopic (exact) mass is 438 g/mol. The Bertz CT molecular complexity index is 1180. The molecule has 140 valence electrons. The highest BCUT2D eigenvalue weighted by molar-refractivity contribution is 9.10. The minimum absolute atomic E-state index is 0.0629. The largest absolute Gasteiger partial charge is 0.461 e. The molecule has 0 amide bonds. The van der Waals surface area contributed by atoms with Crippen molar-refractivity contribution in [3.63, 3.8) is 0 Å². The summed E-state index contributed by atoms with van der Waals surface area (Å²) >= 11 is 3.41. The molecule has 0 saturated heterocycles. The van der Waals surface area contributed by atoms with Crippen LogP contribution in [0.2, 0.25) is 0 Å². The van der Waals surface area contributed by atoms with Crippen LogP contribution in [0.3, 0.4) is 0 Å². The molecule has 4 rings (SSSR count). The number of furan rings is 1. The van der Waals surface area contributed by atoms with E-state index in [0.717, 1.165) is 9.86 Å². The van der Waals surface area contributed by atoms with Gasteiger partial charge >= 0.3 is 5.97 Å². The number of ketones is 1. The van der Waals surface area contributed by atoms with Gasteiger partial charge in [-0.05, 0) is 43.3 Å². The Labute approximate surface area is 168 Å². The van der Waals surface area contributed by atoms with Crippen LogP contribution in [0.1, 0.15) is 33.7 Å². The number of hydrogen-bond acceptors (Lipinski definition) is 5. The highest BCUT2D eigenvalue weighted by atomic mass is 79.9. The molecule has 6 nitrogen and oxygen atoms in total. The fraction of sp³-hybridized carbons (Fsp3) is 0.0952. The molecular formula is C21H15BrN2O4. The second-order valence-corrected chi connectivity index (χ2v) is 6.92. The molecule has 0 aliphatic carbocycles. The maximum Gasteiger partial charge on any atom is 0.358 e. The molecule has 0 atom stereocenters. The molecule has 0 spiro atoms. The highest BCUT2D eigenvalue weighted by Crippen LogP contribution is 2.26. The summed E-state index contributed by atoms with van der Waals surface area (Å²) in [5.74, 6) is -0.792. The lowest BCUT2D eigenvalue weighted by Crippen LogP contribution is -2.09. The van der Waals surface area contributed by atoms with Gasteiger partial charge in [0.05, 0.1) is 12.3 Å². The van der Waals surface area contributed by atoms with Crippen molar-refractivity contribution in [3.8, 4) is 5.69 Å². The van der Waals surface area contributed by atoms with Crippen LogP contribution in [0.25, 0.3) is 16.7 Å². The molecular weight excluding hydrogens is 424 g/mol. The van der Waals surface area contributed by atoms with E-state index in [-0.39, 0.29) is 29.5 Å². The highest BCUT2D eigenvalue weighted by Gasteiger charge is 2.24. The van der Waals surface area contributed by atoms with E-state index in [2.05, 4.69) is 21.0 Å². The topological polar surface area (TPSA) is 74.3 Å². The number of ether oxygens (including phenoxy) is 1. The van der Waals surface area contributed by atoms with Gasteiger partial charge in [0.1, 0.15) is 11.3 Å². The van der Waals surface area contributed by atoms with Gasteiger partial charge in [-0.25, -0.2) is 9.48 Å². The molecule has 7 heteroatoms. The summed E-state index contributed by atoms with van der Waals surface area (Å²) < 4.78 is 13.1. The van der Waals surface area contributed by atoms with E-state index in [9.17, 15) is 9.59 Å². The number of nitrogens with zero attached hydrogens (tertiary/aromatic N) is 2. The van der Waals surface area contributed by atoms with Gasteiger partial charge in [0.2, 0.25) is 5.78 Å². The van der Waals surface area contributed by atoms with Gasteiger partial charge in [0.15, 0.2) is 11.5 Å². The number of carbonyl (C=O) groups excluding carboxylic acids is 2. The van der Waals surface area contributed by atoms with Crippen molar-refractivity contribution < 1.29 is 18.7 Å². The zero-order chi connectivity index (χ0) is 19.7. The number of hydrogen-bond donors (Lipinski definition) is 0. The number of rotatable bonds is 5. The number of halogens is 1. The van der Waals surface area contributed by atoms with Gasteiger partial charge in [-0.2, -0.15) is 5.10 Å². The predicted octanol–water partition coefficient (Wildman–Crippen LogP) is 4.79. The van der Waals surface area contributed by atoms with Gasteiger partial charge in [0, 0.05) is 15.9 Å². The summed E-state index contributed by atoms with van der Waals surface area (Å²) in [5.41, 5.74) is 1.53. The van der Waals surface area contributed by atoms with Crippen molar-refractivity contribution in [1.29, 1.82) is 0 Å². The van der Waals surface area contributed by atoms with E-state index >= 15 is 0 Å². The van der Waals surface area contributed by atoms with Crippen LogP contribution < -0.4 is 0 Å². The molecule has 0 saturated carbocycles. The minimum Gasteiger partial charge on any atom is -0.461 e. The number of fused-ring (bicyclic) bond motifs is 1. The van der Waals surface area contributed by atoms with Crippen molar-refractivity contribution in [2.45, 2.75) is 6.92 Å². The van der Waals surface area contributed by atoms with E-state index in [4.69, 9.17) is 9.15 Å². The Morgan fingerprint density at radius 2 is 1.89 bits per heavy atom. The van der Waals surface area contributed by atoms with Crippen molar-refractivity contribution in [2.24, 2.45) is 0 Å². The number of benzene rings is 2. The lowest BCUT2D eigenvalue weighted by atomic mass is 10.2. The van der Waals surface area contributed by atoms with Gasteiger partial charge in [-0.3, -0.25) is 4.79 Å². The van der Waals surface area contributed by atoms with Gasteiger partial charge in [0.25, 0.3) is 0 Å². The molecule has 2 heterocycles. The van der Waals surface area contributed by atoms with E-state index in [1.165, 1.54) is 10.7 Å². The van der Waals surface area contributed by atoms with Gasteiger partial charge in [-0.15, -0.1) is 0 Å². The Morgan fingerprint density at radius 1 is 1.11 bits per heavy atom.